The Morgan fingerprint density at radius 1 is 1.12 bits per heavy atom. The summed E-state index contributed by atoms with van der Waals surface area (Å²) in [6.07, 6.45) is -5.36. The minimum absolute atomic E-state index is 0.0736. The quantitative estimate of drug-likeness (QED) is 0.415. The summed E-state index contributed by atoms with van der Waals surface area (Å²) in [5.74, 6) is -1.79. The zero-order chi connectivity index (χ0) is 23.3. The number of aliphatic hydroxyl groups excluding tert-OH is 1. The van der Waals surface area contributed by atoms with Gasteiger partial charge in [0.1, 0.15) is 11.3 Å². The number of aryl methyl sites for hydroxylation is 2. The van der Waals surface area contributed by atoms with Gasteiger partial charge in [-0.05, 0) is 29.5 Å². The summed E-state index contributed by atoms with van der Waals surface area (Å²) in [4.78, 5) is 16.2. The summed E-state index contributed by atoms with van der Waals surface area (Å²) in [6.45, 7) is 0. The smallest absolute Gasteiger partial charge is 0.422 e. The zero-order valence-corrected chi connectivity index (χ0v) is 17.6. The molecule has 0 aliphatic heterocycles. The van der Waals surface area contributed by atoms with Crippen molar-refractivity contribution in [2.75, 3.05) is 0 Å². The molecule has 1 aliphatic rings. The Bertz CT molecular complexity index is 1360. The van der Waals surface area contributed by atoms with Crippen molar-refractivity contribution >= 4 is 17.3 Å². The molecule has 0 amide bonds. The van der Waals surface area contributed by atoms with Gasteiger partial charge in [-0.3, -0.25) is 0 Å². The van der Waals surface area contributed by atoms with Crippen molar-refractivity contribution in [3.63, 3.8) is 0 Å². The normalized spacial score (nSPS) is 13.9. The van der Waals surface area contributed by atoms with Crippen LogP contribution in [0.4, 0.5) is 13.2 Å². The number of halogens is 3. The first-order valence-electron chi connectivity index (χ1n) is 9.90. The predicted molar refractivity (Wildman–Crippen MR) is 113 cm³/mol. The van der Waals surface area contributed by atoms with E-state index >= 15 is 0 Å². The minimum Gasteiger partial charge on any atom is -0.479 e. The number of carboxylic acid groups (broad SMARTS) is 1. The fourth-order valence-corrected chi connectivity index (χ4v) is 5.08. The third kappa shape index (κ3) is 3.70. The van der Waals surface area contributed by atoms with Crippen molar-refractivity contribution in [2.45, 2.75) is 25.1 Å². The van der Waals surface area contributed by atoms with E-state index in [9.17, 15) is 23.1 Å². The van der Waals surface area contributed by atoms with Gasteiger partial charge < -0.3 is 14.7 Å². The largest absolute Gasteiger partial charge is 0.479 e. The number of aliphatic hydroxyl groups is 1. The van der Waals surface area contributed by atoms with Gasteiger partial charge in [0.25, 0.3) is 0 Å². The highest BCUT2D eigenvalue weighted by atomic mass is 32.1. The van der Waals surface area contributed by atoms with E-state index in [0.29, 0.717) is 23.4 Å². The lowest BCUT2D eigenvalue weighted by Gasteiger charge is -2.17. The van der Waals surface area contributed by atoms with Crippen LogP contribution < -0.4 is 0 Å². The second kappa shape index (κ2) is 7.82. The van der Waals surface area contributed by atoms with E-state index < -0.39 is 29.6 Å². The average Bonchev–Trinajstić information content (AvgIpc) is 3.43. The number of benzene rings is 2. The molecule has 4 aromatic rings. The molecule has 0 fully saturated rings. The Kier molecular flexibility index (Phi) is 5.06. The first-order valence-corrected chi connectivity index (χ1v) is 10.7. The summed E-state index contributed by atoms with van der Waals surface area (Å²) >= 11 is 1.07. The van der Waals surface area contributed by atoms with Gasteiger partial charge in [0.15, 0.2) is 11.1 Å². The second-order valence-electron chi connectivity index (χ2n) is 7.55. The molecule has 33 heavy (non-hydrogen) atoms. The van der Waals surface area contributed by atoms with Crippen molar-refractivity contribution in [3.8, 4) is 32.5 Å². The van der Waals surface area contributed by atoms with E-state index in [-0.39, 0.29) is 21.8 Å². The number of carboxylic acids is 1. The number of aliphatic carboxylic acids is 1. The topological polar surface area (TPSA) is 96.5 Å². The van der Waals surface area contributed by atoms with E-state index in [4.69, 9.17) is 9.63 Å². The van der Waals surface area contributed by atoms with Crippen LogP contribution in [0.2, 0.25) is 0 Å². The number of aromatic nitrogens is 2. The maximum Gasteiger partial charge on any atom is 0.422 e. The lowest BCUT2D eigenvalue weighted by molar-refractivity contribution is -0.147. The molecule has 5 rings (SSSR count). The fourth-order valence-electron chi connectivity index (χ4n) is 3.93. The van der Waals surface area contributed by atoms with Gasteiger partial charge in [0.2, 0.25) is 5.76 Å². The van der Waals surface area contributed by atoms with Gasteiger partial charge in [-0.15, -0.1) is 11.3 Å². The Morgan fingerprint density at radius 3 is 2.58 bits per heavy atom. The molecule has 0 bridgehead atoms. The van der Waals surface area contributed by atoms with Gasteiger partial charge in [0.05, 0.1) is 10.6 Å². The van der Waals surface area contributed by atoms with Crippen LogP contribution in [0.15, 0.2) is 53.1 Å². The van der Waals surface area contributed by atoms with Crippen LogP contribution in [0, 0.1) is 0 Å². The molecule has 2 aromatic carbocycles. The van der Waals surface area contributed by atoms with Crippen LogP contribution in [0.1, 0.15) is 28.5 Å². The third-order valence-electron chi connectivity index (χ3n) is 5.47. The first kappa shape index (κ1) is 21.4. The molecule has 10 heteroatoms. The summed E-state index contributed by atoms with van der Waals surface area (Å²) in [5.41, 5.74) is 1.46. The highest BCUT2D eigenvalue weighted by Gasteiger charge is 2.42. The Labute approximate surface area is 188 Å². The maximum atomic E-state index is 14.0. The molecule has 0 radical (unpaired) electrons. The number of fused-ring (bicyclic) bond motifs is 3. The van der Waals surface area contributed by atoms with E-state index in [1.54, 1.807) is 30.3 Å². The van der Waals surface area contributed by atoms with Crippen LogP contribution in [0.3, 0.4) is 0 Å². The number of alkyl halides is 3. The van der Waals surface area contributed by atoms with Crippen molar-refractivity contribution in [3.05, 3.63) is 70.9 Å². The third-order valence-corrected chi connectivity index (χ3v) is 6.60. The number of nitrogens with zero attached hydrogens (tertiary/aromatic N) is 2. The molecule has 0 saturated carbocycles. The Morgan fingerprint density at radius 2 is 1.88 bits per heavy atom. The first-order chi connectivity index (χ1) is 15.7. The highest BCUT2D eigenvalue weighted by molar-refractivity contribution is 7.18. The molecule has 2 heterocycles. The zero-order valence-electron chi connectivity index (χ0n) is 16.8. The van der Waals surface area contributed by atoms with Crippen LogP contribution >= 0.6 is 11.3 Å². The number of thiazole rings is 1. The molecular formula is C23H15F3N2O4S. The van der Waals surface area contributed by atoms with E-state index in [1.807, 2.05) is 0 Å². The molecule has 0 saturated heterocycles. The molecule has 168 valence electrons. The Hall–Kier alpha value is -3.50. The van der Waals surface area contributed by atoms with Crippen LogP contribution in [0.25, 0.3) is 32.5 Å². The molecule has 2 aromatic heterocycles. The maximum absolute atomic E-state index is 14.0. The highest BCUT2D eigenvalue weighted by Crippen LogP contribution is 2.47. The number of hydrogen-bond donors (Lipinski definition) is 2. The van der Waals surface area contributed by atoms with Gasteiger partial charge in [-0.25, -0.2) is 9.78 Å². The van der Waals surface area contributed by atoms with Crippen LogP contribution in [0.5, 0.6) is 0 Å². The number of hydrogen-bond acceptors (Lipinski definition) is 6. The van der Waals surface area contributed by atoms with Crippen LogP contribution in [-0.2, 0) is 23.8 Å². The van der Waals surface area contributed by atoms with Crippen molar-refractivity contribution < 1.29 is 32.7 Å². The van der Waals surface area contributed by atoms with Crippen molar-refractivity contribution in [2.24, 2.45) is 0 Å². The molecule has 0 spiro atoms. The van der Waals surface area contributed by atoms with Gasteiger partial charge >= 0.3 is 12.1 Å². The Balaban J connectivity index is 1.60. The lowest BCUT2D eigenvalue weighted by atomic mass is 9.91. The standard InChI is InChI=1S/C23H15F3N2O4S/c24-23(25,26)16-17(11-4-2-1-3-5-11)28-32-19(16)21-27-15-9-7-12-10-13(18(29)22(30)31)6-8-14(12)20(15)33-21/h1-6,8,10,18,29H,7,9H2,(H,30,31)/t18-/m0/s1. The minimum atomic E-state index is -4.70. The van der Waals surface area contributed by atoms with Gasteiger partial charge in [0, 0.05) is 5.56 Å². The summed E-state index contributed by atoms with van der Waals surface area (Å²) in [6, 6.07) is 12.8. The summed E-state index contributed by atoms with van der Waals surface area (Å²) in [5, 5.41) is 22.6. The second-order valence-corrected chi connectivity index (χ2v) is 8.55. The molecule has 6 nitrogen and oxygen atoms in total. The van der Waals surface area contributed by atoms with E-state index in [1.165, 1.54) is 18.2 Å². The molecular weight excluding hydrogens is 457 g/mol. The van der Waals surface area contributed by atoms with Gasteiger partial charge in [-0.1, -0.05) is 53.7 Å². The number of rotatable bonds is 4. The lowest BCUT2D eigenvalue weighted by Crippen LogP contribution is -2.12. The average molecular weight is 472 g/mol. The van der Waals surface area contributed by atoms with E-state index in [0.717, 1.165) is 22.5 Å². The van der Waals surface area contributed by atoms with E-state index in [2.05, 4.69) is 10.1 Å². The van der Waals surface area contributed by atoms with Crippen LogP contribution in [-0.4, -0.2) is 26.3 Å². The van der Waals surface area contributed by atoms with Crippen molar-refractivity contribution in [1.82, 2.24) is 10.1 Å². The molecule has 1 aliphatic carbocycles. The summed E-state index contributed by atoms with van der Waals surface area (Å²) in [7, 11) is 0. The monoisotopic (exact) mass is 472 g/mol. The fraction of sp³-hybridized carbons (Fsp3) is 0.174. The predicted octanol–water partition coefficient (Wildman–Crippen LogP) is 5.37. The molecule has 2 N–H and O–H groups in total. The van der Waals surface area contributed by atoms with Gasteiger partial charge in [-0.2, -0.15) is 13.2 Å². The molecule has 0 unspecified atom stereocenters. The number of carbonyl (C=O) groups is 1. The SMILES string of the molecule is O=C(O)[C@@H](O)c1ccc2c(c1)CCc1nc(-c3onc(-c4ccccc4)c3C(F)(F)F)sc1-2. The van der Waals surface area contributed by atoms with Crippen molar-refractivity contribution in [1.29, 1.82) is 0 Å². The molecule has 1 atom stereocenters. The summed E-state index contributed by atoms with van der Waals surface area (Å²) < 4.78 is 47.3.